The van der Waals surface area contributed by atoms with E-state index in [1.807, 2.05) is 12.1 Å². The fourth-order valence-electron chi connectivity index (χ4n) is 4.45. The maximum Gasteiger partial charge on any atom is 0.154 e. The third-order valence-corrected chi connectivity index (χ3v) is 6.86. The molecule has 2 aromatic rings. The number of nitrogens with zero attached hydrogens (tertiary/aromatic N) is 1. The summed E-state index contributed by atoms with van der Waals surface area (Å²) >= 11 is 1.48. The molecule has 3 heterocycles. The van der Waals surface area contributed by atoms with E-state index in [4.69, 9.17) is 15.2 Å². The highest BCUT2D eigenvalue weighted by Crippen LogP contribution is 2.50. The second-order valence-corrected chi connectivity index (χ2v) is 8.55. The van der Waals surface area contributed by atoms with Gasteiger partial charge in [-0.15, -0.1) is 0 Å². The zero-order valence-corrected chi connectivity index (χ0v) is 16.0. The van der Waals surface area contributed by atoms with Crippen molar-refractivity contribution in [2.24, 2.45) is 16.6 Å². The van der Waals surface area contributed by atoms with Gasteiger partial charge in [0.1, 0.15) is 22.9 Å². The summed E-state index contributed by atoms with van der Waals surface area (Å²) in [6.07, 6.45) is 1.50. The summed E-state index contributed by atoms with van der Waals surface area (Å²) in [4.78, 5) is 4.63. The summed E-state index contributed by atoms with van der Waals surface area (Å²) in [6.45, 7) is 0.921. The molecule has 3 aliphatic heterocycles. The monoisotopic (exact) mass is 402 g/mol. The summed E-state index contributed by atoms with van der Waals surface area (Å²) < 4.78 is 39.9. The van der Waals surface area contributed by atoms with Crippen LogP contribution in [-0.4, -0.2) is 24.1 Å². The van der Waals surface area contributed by atoms with Crippen LogP contribution in [-0.2, 0) is 16.7 Å². The molecule has 3 atom stereocenters. The Morgan fingerprint density at radius 2 is 2.07 bits per heavy atom. The van der Waals surface area contributed by atoms with Crippen LogP contribution < -0.4 is 10.5 Å². The molecule has 0 radical (unpaired) electrons. The number of hydrogen-bond donors (Lipinski definition) is 1. The van der Waals surface area contributed by atoms with Crippen LogP contribution in [0.2, 0.25) is 0 Å². The molecule has 146 valence electrons. The van der Waals surface area contributed by atoms with Crippen LogP contribution in [0.4, 0.5) is 8.78 Å². The molecule has 1 saturated heterocycles. The number of thioether (sulfide) groups is 1. The van der Waals surface area contributed by atoms with Crippen LogP contribution in [0.3, 0.4) is 0 Å². The maximum absolute atomic E-state index is 14.7. The molecule has 3 aliphatic rings. The van der Waals surface area contributed by atoms with Gasteiger partial charge in [0.15, 0.2) is 5.17 Å². The maximum atomic E-state index is 14.7. The lowest BCUT2D eigenvalue weighted by atomic mass is 9.74. The molecule has 5 rings (SSSR count). The Balaban J connectivity index is 1.49. The highest BCUT2D eigenvalue weighted by molar-refractivity contribution is 8.13. The topological polar surface area (TPSA) is 56.8 Å². The van der Waals surface area contributed by atoms with Crippen molar-refractivity contribution in [2.75, 3.05) is 19.0 Å². The second kappa shape index (κ2) is 6.74. The standard InChI is InChI=1S/C21H20F2N2O2S/c22-15-2-3-16(17(23)9-15)21-11-27-19(8-14(21)10-28-20(24)25-21)12-1-4-18-13(7-12)5-6-26-18/h1-4,7,9,14,19H,5-6,8,10-11H2,(H2,24,25)/t14-,19+,21-/m0/s1. The van der Waals surface area contributed by atoms with E-state index in [1.54, 1.807) is 0 Å². The van der Waals surface area contributed by atoms with Crippen LogP contribution in [0.1, 0.15) is 29.2 Å². The first-order valence-electron chi connectivity index (χ1n) is 9.36. The van der Waals surface area contributed by atoms with Gasteiger partial charge in [0.05, 0.1) is 19.3 Å². The molecule has 0 aromatic heterocycles. The molecule has 0 spiro atoms. The molecule has 4 nitrogen and oxygen atoms in total. The number of fused-ring (bicyclic) bond motifs is 2. The molecule has 7 heteroatoms. The second-order valence-electron chi connectivity index (χ2n) is 7.51. The number of halogens is 2. The number of rotatable bonds is 2. The minimum absolute atomic E-state index is 0.0352. The summed E-state index contributed by atoms with van der Waals surface area (Å²) in [5, 5.41) is 0.414. The first-order valence-corrected chi connectivity index (χ1v) is 10.3. The van der Waals surface area contributed by atoms with E-state index in [1.165, 1.54) is 29.5 Å². The SMILES string of the molecule is NC1=N[C@@]2(c3ccc(F)cc3F)CO[C@@H](c3ccc4c(c3)CCO4)C[C@H]2CS1. The van der Waals surface area contributed by atoms with Gasteiger partial charge in [-0.25, -0.2) is 13.8 Å². The van der Waals surface area contributed by atoms with Gasteiger partial charge in [-0.05, 0) is 35.7 Å². The van der Waals surface area contributed by atoms with Crippen LogP contribution >= 0.6 is 11.8 Å². The lowest BCUT2D eigenvalue weighted by Gasteiger charge is -2.46. The summed E-state index contributed by atoms with van der Waals surface area (Å²) in [5.74, 6) is 0.484. The predicted octanol–water partition coefficient (Wildman–Crippen LogP) is 3.93. The molecular weight excluding hydrogens is 382 g/mol. The lowest BCUT2D eigenvalue weighted by Crippen LogP contribution is -2.48. The predicted molar refractivity (Wildman–Crippen MR) is 105 cm³/mol. The van der Waals surface area contributed by atoms with Crippen molar-refractivity contribution in [3.05, 3.63) is 64.7 Å². The van der Waals surface area contributed by atoms with Gasteiger partial charge < -0.3 is 15.2 Å². The van der Waals surface area contributed by atoms with Gasteiger partial charge in [0.25, 0.3) is 0 Å². The van der Waals surface area contributed by atoms with Crippen molar-refractivity contribution in [3.8, 4) is 5.75 Å². The summed E-state index contributed by atoms with van der Waals surface area (Å²) in [6, 6.07) is 9.82. The molecule has 1 fully saturated rings. The van der Waals surface area contributed by atoms with E-state index >= 15 is 0 Å². The molecule has 0 unspecified atom stereocenters. The Bertz CT molecular complexity index is 967. The summed E-state index contributed by atoms with van der Waals surface area (Å²) in [5.41, 5.74) is 7.73. The molecular formula is C21H20F2N2O2S. The molecule has 28 heavy (non-hydrogen) atoms. The van der Waals surface area contributed by atoms with Crippen molar-refractivity contribution in [2.45, 2.75) is 24.5 Å². The summed E-state index contributed by atoms with van der Waals surface area (Å²) in [7, 11) is 0. The fourth-order valence-corrected chi connectivity index (χ4v) is 5.46. The van der Waals surface area contributed by atoms with Gasteiger partial charge in [-0.1, -0.05) is 23.9 Å². The Morgan fingerprint density at radius 1 is 1.18 bits per heavy atom. The molecule has 2 N–H and O–H groups in total. The number of amidine groups is 1. The fraction of sp³-hybridized carbons (Fsp3) is 0.381. The van der Waals surface area contributed by atoms with Crippen molar-refractivity contribution >= 4 is 16.9 Å². The highest BCUT2D eigenvalue weighted by Gasteiger charge is 2.49. The quantitative estimate of drug-likeness (QED) is 0.827. The minimum atomic E-state index is -0.913. The molecule has 2 aromatic carbocycles. The largest absolute Gasteiger partial charge is 0.493 e. The molecule has 0 bridgehead atoms. The van der Waals surface area contributed by atoms with E-state index < -0.39 is 17.2 Å². The van der Waals surface area contributed by atoms with Gasteiger partial charge in [-0.2, -0.15) is 0 Å². The van der Waals surface area contributed by atoms with Crippen molar-refractivity contribution in [3.63, 3.8) is 0 Å². The van der Waals surface area contributed by atoms with E-state index in [0.717, 1.165) is 29.6 Å². The van der Waals surface area contributed by atoms with Crippen LogP contribution in [0, 0.1) is 17.6 Å². The first kappa shape index (κ1) is 17.9. The van der Waals surface area contributed by atoms with Gasteiger partial charge in [-0.3, -0.25) is 0 Å². The van der Waals surface area contributed by atoms with Crippen molar-refractivity contribution in [1.29, 1.82) is 0 Å². The number of hydrogen-bond acceptors (Lipinski definition) is 5. The van der Waals surface area contributed by atoms with Crippen molar-refractivity contribution < 1.29 is 18.3 Å². The average molecular weight is 402 g/mol. The van der Waals surface area contributed by atoms with Gasteiger partial charge in [0, 0.05) is 29.7 Å². The normalized spacial score (nSPS) is 28.9. The van der Waals surface area contributed by atoms with Crippen LogP contribution in [0.25, 0.3) is 0 Å². The first-order chi connectivity index (χ1) is 13.5. The Kier molecular flexibility index (Phi) is 4.32. The van der Waals surface area contributed by atoms with Crippen molar-refractivity contribution in [1.82, 2.24) is 0 Å². The molecule has 0 aliphatic carbocycles. The van der Waals surface area contributed by atoms with Gasteiger partial charge >= 0.3 is 0 Å². The van der Waals surface area contributed by atoms with Gasteiger partial charge in [0.2, 0.25) is 0 Å². The van der Waals surface area contributed by atoms with Crippen LogP contribution in [0.15, 0.2) is 41.4 Å². The average Bonchev–Trinajstić information content (AvgIpc) is 3.15. The smallest absolute Gasteiger partial charge is 0.154 e. The minimum Gasteiger partial charge on any atom is -0.493 e. The highest BCUT2D eigenvalue weighted by atomic mass is 32.2. The number of nitrogens with two attached hydrogens (primary N) is 1. The lowest BCUT2D eigenvalue weighted by molar-refractivity contribution is -0.0588. The van der Waals surface area contributed by atoms with E-state index in [2.05, 4.69) is 11.1 Å². The zero-order chi connectivity index (χ0) is 19.3. The van der Waals surface area contributed by atoms with E-state index in [9.17, 15) is 8.78 Å². The van der Waals surface area contributed by atoms with E-state index in [0.29, 0.717) is 23.8 Å². The zero-order valence-electron chi connectivity index (χ0n) is 15.2. The van der Waals surface area contributed by atoms with E-state index in [-0.39, 0.29) is 18.6 Å². The molecule has 0 saturated carbocycles. The van der Waals surface area contributed by atoms with Crippen LogP contribution in [0.5, 0.6) is 5.75 Å². The number of ether oxygens (including phenoxy) is 2. The number of aliphatic imine (C=N–C) groups is 1. The Hall–Kier alpha value is -2.12. The Labute approximate surface area is 166 Å². The number of benzene rings is 2. The third kappa shape index (κ3) is 2.88. The Morgan fingerprint density at radius 3 is 2.93 bits per heavy atom. The third-order valence-electron chi connectivity index (χ3n) is 5.90. The molecule has 0 amide bonds.